The van der Waals surface area contributed by atoms with Crippen LogP contribution in [0.3, 0.4) is 0 Å². The van der Waals surface area contributed by atoms with Crippen molar-refractivity contribution in [2.75, 3.05) is 0 Å². The van der Waals surface area contributed by atoms with Gasteiger partial charge in [-0.25, -0.2) is 0 Å². The average molecular weight is 942 g/mol. The van der Waals surface area contributed by atoms with Crippen LogP contribution in [-0.2, 0) is 8.99 Å². The molecule has 0 heterocycles. The molecule has 0 aliphatic carbocycles. The van der Waals surface area contributed by atoms with Crippen molar-refractivity contribution in [3.63, 3.8) is 0 Å². The molecule has 0 aromatic heterocycles. The van der Waals surface area contributed by atoms with Gasteiger partial charge in [-0.15, -0.1) is 0 Å². The van der Waals surface area contributed by atoms with Gasteiger partial charge in [-0.05, 0) is 136 Å². The lowest BCUT2D eigenvalue weighted by Crippen LogP contribution is -2.15. The van der Waals surface area contributed by atoms with Crippen molar-refractivity contribution in [3.8, 4) is 0 Å². The summed E-state index contributed by atoms with van der Waals surface area (Å²) in [4.78, 5) is 0.0152. The Morgan fingerprint density at radius 2 is 1.22 bits per heavy atom. The molecule has 0 aliphatic rings. The molecule has 1 rings (SSSR count). The van der Waals surface area contributed by atoms with Crippen LogP contribution in [0.1, 0.15) is 11.1 Å². The number of benzene rings is 1. The summed E-state index contributed by atoms with van der Waals surface area (Å²) >= 11 is 12.9. The maximum atomic E-state index is 11.7. The molecule has 1 N–H and O–H groups in total. The quantitative estimate of drug-likeness (QED) is 0.239. The van der Waals surface area contributed by atoms with Crippen molar-refractivity contribution in [2.24, 2.45) is 0 Å². The normalized spacial score (nSPS) is 13.7. The monoisotopic (exact) mass is 941 g/mol. The van der Waals surface area contributed by atoms with E-state index in [0.717, 1.165) is 0 Å². The molecule has 18 heavy (non-hydrogen) atoms. The topological polar surface area (TPSA) is 54.4 Å². The molecular weight excluding hydrogens is 938 g/mol. The van der Waals surface area contributed by atoms with Crippen molar-refractivity contribution in [1.29, 1.82) is 0 Å². The van der Waals surface area contributed by atoms with E-state index in [9.17, 15) is 13.0 Å². The molecule has 0 radical (unpaired) electrons. The summed E-state index contributed by atoms with van der Waals surface area (Å²) in [5, 5.41) is 0. The third kappa shape index (κ3) is 5.30. The number of hydrogen-bond acceptors (Lipinski definition) is 2. The Morgan fingerprint density at radius 3 is 1.44 bits per heavy atom. The van der Waals surface area contributed by atoms with Gasteiger partial charge in [-0.1, -0.05) is 18.2 Å². The van der Waals surface area contributed by atoms with Crippen LogP contribution in [0.15, 0.2) is 23.1 Å². The molecule has 0 atom stereocenters. The zero-order valence-corrected chi connectivity index (χ0v) is 21.9. The largest absolute Gasteiger partial charge is 0.295 e. The van der Waals surface area contributed by atoms with Gasteiger partial charge < -0.3 is 0 Å². The molecule has 0 unspecified atom stereocenters. The van der Waals surface area contributed by atoms with Crippen LogP contribution >= 0.6 is 136 Å². The van der Waals surface area contributed by atoms with Crippen LogP contribution in [-0.4, -0.2) is 13.0 Å². The minimum atomic E-state index is -4.26. The van der Waals surface area contributed by atoms with Crippen molar-refractivity contribution >= 4 is 146 Å². The van der Waals surface area contributed by atoms with E-state index in [1.807, 2.05) is 6.07 Å². The maximum absolute atomic E-state index is 11.7. The van der Waals surface area contributed by atoms with Gasteiger partial charge in [0.1, 0.15) is 3.77 Å². The first kappa shape index (κ1) is 19.6. The molecule has 0 aliphatic heterocycles. The fourth-order valence-corrected chi connectivity index (χ4v) is 6.05. The summed E-state index contributed by atoms with van der Waals surface area (Å²) in [5.41, 5.74) is 1.19. The van der Waals surface area contributed by atoms with E-state index < -0.39 is 8.99 Å². The van der Waals surface area contributed by atoms with Crippen LogP contribution in [0.25, 0.3) is 0 Å². The van der Waals surface area contributed by atoms with Gasteiger partial charge in [0, 0.05) is 11.1 Å². The Balaban J connectivity index is 3.79. The summed E-state index contributed by atoms with van der Waals surface area (Å²) < 4.78 is 32.1. The SMILES string of the molecule is O=S(=O)(O)c1c(C(I)(I)I)cccc1C(I)(I)I. The fourth-order valence-electron chi connectivity index (χ4n) is 1.26. The van der Waals surface area contributed by atoms with Crippen LogP contribution in [0.5, 0.6) is 0 Å². The van der Waals surface area contributed by atoms with E-state index in [-0.39, 0.29) is 4.90 Å². The van der Waals surface area contributed by atoms with Gasteiger partial charge in [-0.2, -0.15) is 8.42 Å². The lowest BCUT2D eigenvalue weighted by molar-refractivity contribution is 0.482. The molecule has 0 saturated carbocycles. The first-order valence-electron chi connectivity index (χ1n) is 4.10. The van der Waals surface area contributed by atoms with Crippen molar-refractivity contribution in [3.05, 3.63) is 29.3 Å². The number of hydrogen-bond donors (Lipinski definition) is 1. The minimum Gasteiger partial charge on any atom is -0.282 e. The van der Waals surface area contributed by atoms with Crippen LogP contribution in [0.4, 0.5) is 0 Å². The highest BCUT2D eigenvalue weighted by Gasteiger charge is 2.36. The molecule has 3 nitrogen and oxygen atoms in total. The molecular formula is C8H4I6O3S. The highest BCUT2D eigenvalue weighted by molar-refractivity contribution is 14.3. The van der Waals surface area contributed by atoms with E-state index in [2.05, 4.69) is 136 Å². The molecule has 0 spiro atoms. The number of halogens is 6. The first-order chi connectivity index (χ1) is 7.85. The maximum Gasteiger partial charge on any atom is 0.295 e. The molecule has 0 bridgehead atoms. The van der Waals surface area contributed by atoms with Crippen molar-refractivity contribution < 1.29 is 13.0 Å². The lowest BCUT2D eigenvalue weighted by atomic mass is 10.2. The van der Waals surface area contributed by atoms with Gasteiger partial charge in [0.15, 0.2) is 0 Å². The summed E-state index contributed by atoms with van der Waals surface area (Å²) in [6.07, 6.45) is 0. The second-order valence-electron chi connectivity index (χ2n) is 3.15. The van der Waals surface area contributed by atoms with Crippen LogP contribution in [0, 0.1) is 0 Å². The Kier molecular flexibility index (Phi) is 7.55. The predicted molar refractivity (Wildman–Crippen MR) is 124 cm³/mol. The van der Waals surface area contributed by atoms with Gasteiger partial charge in [0.05, 0.1) is 0 Å². The second-order valence-corrected chi connectivity index (χ2v) is 26.6. The predicted octanol–water partition coefficient (Wildman–Crippen LogP) is 5.76. The minimum absolute atomic E-state index is 0.0152. The van der Waals surface area contributed by atoms with E-state index >= 15 is 0 Å². The van der Waals surface area contributed by atoms with Gasteiger partial charge in [-0.3, -0.25) is 4.55 Å². The average Bonchev–Trinajstić information content (AvgIpc) is 2.12. The molecule has 0 amide bonds. The summed E-state index contributed by atoms with van der Waals surface area (Å²) in [7, 11) is -4.26. The number of alkyl halides is 6. The zero-order valence-electron chi connectivity index (χ0n) is 8.17. The molecule has 0 fully saturated rings. The third-order valence-corrected chi connectivity index (χ3v) is 6.33. The summed E-state index contributed by atoms with van der Waals surface area (Å²) in [6, 6.07) is 5.27. The van der Waals surface area contributed by atoms with Gasteiger partial charge >= 0.3 is 0 Å². The summed E-state index contributed by atoms with van der Waals surface area (Å²) in [5.74, 6) is 0. The van der Waals surface area contributed by atoms with E-state index in [1.165, 1.54) is 0 Å². The highest BCUT2D eigenvalue weighted by atomic mass is 127. The Morgan fingerprint density at radius 1 is 0.889 bits per heavy atom. The Bertz CT molecular complexity index is 525. The molecule has 10 heteroatoms. The van der Waals surface area contributed by atoms with Crippen LogP contribution < -0.4 is 0 Å². The van der Waals surface area contributed by atoms with Crippen molar-refractivity contribution in [1.82, 2.24) is 0 Å². The highest BCUT2D eigenvalue weighted by Crippen LogP contribution is 2.53. The summed E-state index contributed by atoms with van der Waals surface area (Å²) in [6.45, 7) is 0. The van der Waals surface area contributed by atoms with E-state index in [0.29, 0.717) is 11.1 Å². The van der Waals surface area contributed by atoms with Crippen molar-refractivity contribution in [2.45, 2.75) is 3.77 Å². The number of rotatable bonds is 3. The first-order valence-corrected chi connectivity index (χ1v) is 12.0. The molecule has 1 aromatic rings. The second kappa shape index (κ2) is 6.95. The Labute approximate surface area is 187 Å². The van der Waals surface area contributed by atoms with Crippen LogP contribution in [0.2, 0.25) is 0 Å². The zero-order chi connectivity index (χ0) is 14.4. The molecule has 0 saturated heterocycles. The standard InChI is InChI=1S/C8H4I6O3S/c9-7(10,11)4-2-1-3-5(8(12,13)14)6(4)18(15,16)17/h1-3H,(H,15,16,17). The smallest absolute Gasteiger partial charge is 0.282 e. The van der Waals surface area contributed by atoms with E-state index in [4.69, 9.17) is 0 Å². The third-order valence-electron chi connectivity index (χ3n) is 1.88. The molecule has 1 aromatic carbocycles. The molecule has 102 valence electrons. The Hall–Kier alpha value is 3.51. The van der Waals surface area contributed by atoms with E-state index in [1.54, 1.807) is 12.1 Å². The fraction of sp³-hybridized carbons (Fsp3) is 0.250. The van der Waals surface area contributed by atoms with Gasteiger partial charge in [0.2, 0.25) is 0 Å². The van der Waals surface area contributed by atoms with Gasteiger partial charge in [0.25, 0.3) is 10.1 Å². The lowest BCUT2D eigenvalue weighted by Gasteiger charge is -2.22.